The number of alkyl halides is 1. The molecule has 1 aromatic heterocycles. The predicted octanol–water partition coefficient (Wildman–Crippen LogP) is 4.39. The van der Waals surface area contributed by atoms with Gasteiger partial charge < -0.3 is 4.52 Å². The number of aromatic nitrogens is 2. The number of hydrogen-bond acceptors (Lipinski definition) is 3. The predicted molar refractivity (Wildman–Crippen MR) is 72.1 cm³/mol. The Morgan fingerprint density at radius 2 is 2.00 bits per heavy atom. The van der Waals surface area contributed by atoms with Gasteiger partial charge in [0.2, 0.25) is 5.89 Å². The number of halogens is 2. The summed E-state index contributed by atoms with van der Waals surface area (Å²) in [4.78, 5) is 4.30. The molecule has 0 spiro atoms. The first-order valence-corrected chi connectivity index (χ1v) is 6.71. The molecule has 0 aliphatic rings. The molecule has 0 fully saturated rings. The van der Waals surface area contributed by atoms with E-state index >= 15 is 0 Å². The van der Waals surface area contributed by atoms with Crippen molar-refractivity contribution < 1.29 is 4.52 Å². The minimum atomic E-state index is -0.169. The van der Waals surface area contributed by atoms with Crippen LogP contribution in [-0.4, -0.2) is 10.1 Å². The Balaban J connectivity index is 2.04. The van der Waals surface area contributed by atoms with Gasteiger partial charge in [0.1, 0.15) is 0 Å². The summed E-state index contributed by atoms with van der Waals surface area (Å²) in [6, 6.07) is 7.57. The van der Waals surface area contributed by atoms with Crippen LogP contribution in [0.1, 0.15) is 42.4 Å². The lowest BCUT2D eigenvalue weighted by atomic mass is 10.1. The van der Waals surface area contributed by atoms with Crippen LogP contribution >= 0.6 is 23.2 Å². The van der Waals surface area contributed by atoms with E-state index in [0.29, 0.717) is 23.2 Å². The normalized spacial score (nSPS) is 12.6. The van der Waals surface area contributed by atoms with Gasteiger partial charge in [-0.25, -0.2) is 0 Å². The smallest absolute Gasteiger partial charge is 0.231 e. The second-order valence-electron chi connectivity index (χ2n) is 4.11. The molecular weight excluding hydrogens is 271 g/mol. The largest absolute Gasteiger partial charge is 0.339 e. The van der Waals surface area contributed by atoms with Gasteiger partial charge in [0, 0.05) is 5.02 Å². The molecule has 5 heteroatoms. The van der Waals surface area contributed by atoms with Crippen molar-refractivity contribution >= 4 is 23.2 Å². The second-order valence-corrected chi connectivity index (χ2v) is 5.07. The van der Waals surface area contributed by atoms with Crippen LogP contribution in [0.5, 0.6) is 0 Å². The van der Waals surface area contributed by atoms with Gasteiger partial charge in [-0.05, 0) is 24.1 Å². The van der Waals surface area contributed by atoms with E-state index in [2.05, 4.69) is 17.1 Å². The third-order valence-corrected chi connectivity index (χ3v) is 3.24. The monoisotopic (exact) mass is 284 g/mol. The van der Waals surface area contributed by atoms with E-state index in [0.717, 1.165) is 18.4 Å². The Kier molecular flexibility index (Phi) is 4.61. The summed E-state index contributed by atoms with van der Waals surface area (Å²) >= 11 is 12.0. The molecule has 1 atom stereocenters. The molecule has 0 N–H and O–H groups in total. The second kappa shape index (κ2) is 6.21. The van der Waals surface area contributed by atoms with Crippen molar-refractivity contribution in [2.24, 2.45) is 0 Å². The zero-order chi connectivity index (χ0) is 13.0. The van der Waals surface area contributed by atoms with Crippen molar-refractivity contribution in [1.29, 1.82) is 0 Å². The molecule has 0 radical (unpaired) electrons. The zero-order valence-electron chi connectivity index (χ0n) is 10.1. The first-order chi connectivity index (χ1) is 8.69. The highest BCUT2D eigenvalue weighted by atomic mass is 35.5. The lowest BCUT2D eigenvalue weighted by molar-refractivity contribution is 0.378. The molecule has 1 aromatic carbocycles. The third kappa shape index (κ3) is 3.47. The molecular formula is C13H14Cl2N2O. The van der Waals surface area contributed by atoms with Gasteiger partial charge in [0.25, 0.3) is 0 Å². The van der Waals surface area contributed by atoms with Gasteiger partial charge in [-0.15, -0.1) is 11.6 Å². The van der Waals surface area contributed by atoms with Crippen LogP contribution in [0.15, 0.2) is 28.8 Å². The van der Waals surface area contributed by atoms with Crippen LogP contribution in [-0.2, 0) is 6.42 Å². The van der Waals surface area contributed by atoms with E-state index < -0.39 is 0 Å². The molecule has 96 valence electrons. The Bertz CT molecular complexity index is 496. The highest BCUT2D eigenvalue weighted by Gasteiger charge is 2.14. The van der Waals surface area contributed by atoms with Crippen LogP contribution in [0.4, 0.5) is 0 Å². The van der Waals surface area contributed by atoms with Crippen molar-refractivity contribution in [3.05, 3.63) is 46.6 Å². The van der Waals surface area contributed by atoms with Gasteiger partial charge in [-0.3, -0.25) is 0 Å². The summed E-state index contributed by atoms with van der Waals surface area (Å²) < 4.78 is 5.19. The molecule has 18 heavy (non-hydrogen) atoms. The van der Waals surface area contributed by atoms with Crippen molar-refractivity contribution in [2.45, 2.75) is 31.6 Å². The Labute approximate surface area is 116 Å². The van der Waals surface area contributed by atoms with Crippen molar-refractivity contribution in [2.75, 3.05) is 0 Å². The molecule has 0 bridgehead atoms. The molecule has 0 aliphatic heterocycles. The van der Waals surface area contributed by atoms with E-state index in [1.165, 1.54) is 0 Å². The standard InChI is InChI=1S/C13H14Cl2N2O/c1-2-3-11(15)13-16-12(18-17-13)8-9-4-6-10(14)7-5-9/h4-7,11H,2-3,8H2,1H3. The molecule has 2 rings (SSSR count). The zero-order valence-corrected chi connectivity index (χ0v) is 11.6. The van der Waals surface area contributed by atoms with E-state index in [1.807, 2.05) is 24.3 Å². The molecule has 2 aromatic rings. The lowest BCUT2D eigenvalue weighted by Crippen LogP contribution is -1.94. The number of hydrogen-bond donors (Lipinski definition) is 0. The Morgan fingerprint density at radius 1 is 1.28 bits per heavy atom. The Hall–Kier alpha value is -1.06. The van der Waals surface area contributed by atoms with Crippen LogP contribution in [0, 0.1) is 0 Å². The fraction of sp³-hybridized carbons (Fsp3) is 0.385. The summed E-state index contributed by atoms with van der Waals surface area (Å²) in [6.45, 7) is 2.07. The van der Waals surface area contributed by atoms with Gasteiger partial charge in [0.05, 0.1) is 11.8 Å². The molecule has 1 unspecified atom stereocenters. The SMILES string of the molecule is CCCC(Cl)c1noc(Cc2ccc(Cl)cc2)n1. The quantitative estimate of drug-likeness (QED) is 0.764. The van der Waals surface area contributed by atoms with Gasteiger partial charge >= 0.3 is 0 Å². The first kappa shape index (κ1) is 13.4. The summed E-state index contributed by atoms with van der Waals surface area (Å²) in [5.41, 5.74) is 1.08. The molecule has 0 aliphatic carbocycles. The van der Waals surface area contributed by atoms with E-state index in [4.69, 9.17) is 27.7 Å². The van der Waals surface area contributed by atoms with Crippen LogP contribution in [0.25, 0.3) is 0 Å². The van der Waals surface area contributed by atoms with Crippen molar-refractivity contribution in [3.8, 4) is 0 Å². The maximum Gasteiger partial charge on any atom is 0.231 e. The molecule has 3 nitrogen and oxygen atoms in total. The average molecular weight is 285 g/mol. The number of nitrogens with zero attached hydrogens (tertiary/aromatic N) is 2. The van der Waals surface area contributed by atoms with Crippen LogP contribution < -0.4 is 0 Å². The summed E-state index contributed by atoms with van der Waals surface area (Å²) in [5, 5.41) is 4.45. The number of rotatable bonds is 5. The highest BCUT2D eigenvalue weighted by Crippen LogP contribution is 2.23. The lowest BCUT2D eigenvalue weighted by Gasteiger charge is -1.99. The molecule has 0 amide bonds. The summed E-state index contributed by atoms with van der Waals surface area (Å²) in [6.07, 6.45) is 2.44. The fourth-order valence-corrected chi connectivity index (χ4v) is 2.06. The van der Waals surface area contributed by atoms with Crippen LogP contribution in [0.2, 0.25) is 5.02 Å². The van der Waals surface area contributed by atoms with Gasteiger partial charge in [-0.1, -0.05) is 42.2 Å². The molecule has 1 heterocycles. The van der Waals surface area contributed by atoms with Crippen molar-refractivity contribution in [1.82, 2.24) is 10.1 Å². The van der Waals surface area contributed by atoms with Crippen molar-refractivity contribution in [3.63, 3.8) is 0 Å². The third-order valence-electron chi connectivity index (χ3n) is 2.57. The Morgan fingerprint density at radius 3 is 2.67 bits per heavy atom. The molecule has 0 saturated carbocycles. The van der Waals surface area contributed by atoms with E-state index in [-0.39, 0.29) is 5.38 Å². The molecule has 0 saturated heterocycles. The van der Waals surface area contributed by atoms with Gasteiger partial charge in [-0.2, -0.15) is 4.98 Å². The minimum Gasteiger partial charge on any atom is -0.339 e. The highest BCUT2D eigenvalue weighted by molar-refractivity contribution is 6.30. The minimum absolute atomic E-state index is 0.169. The van der Waals surface area contributed by atoms with Gasteiger partial charge in [0.15, 0.2) is 5.82 Å². The number of benzene rings is 1. The first-order valence-electron chi connectivity index (χ1n) is 5.90. The maximum atomic E-state index is 6.14. The van der Waals surface area contributed by atoms with E-state index in [1.54, 1.807) is 0 Å². The summed E-state index contributed by atoms with van der Waals surface area (Å²) in [5.74, 6) is 1.15. The fourth-order valence-electron chi connectivity index (χ4n) is 1.63. The van der Waals surface area contributed by atoms with Crippen LogP contribution in [0.3, 0.4) is 0 Å². The topological polar surface area (TPSA) is 38.9 Å². The summed E-state index contributed by atoms with van der Waals surface area (Å²) in [7, 11) is 0. The maximum absolute atomic E-state index is 6.14. The average Bonchev–Trinajstić information content (AvgIpc) is 2.81. The van der Waals surface area contributed by atoms with E-state index in [9.17, 15) is 0 Å².